The van der Waals surface area contributed by atoms with E-state index < -0.39 is 5.54 Å². The van der Waals surface area contributed by atoms with Gasteiger partial charge in [-0.25, -0.2) is 0 Å². The summed E-state index contributed by atoms with van der Waals surface area (Å²) in [6, 6.07) is 15.9. The average molecular weight is 456 g/mol. The van der Waals surface area contributed by atoms with E-state index in [-0.39, 0.29) is 11.9 Å². The Balaban J connectivity index is 1.48. The number of benzene rings is 2. The zero-order valence-corrected chi connectivity index (χ0v) is 19.6. The van der Waals surface area contributed by atoms with Gasteiger partial charge in [0.15, 0.2) is 5.82 Å². The van der Waals surface area contributed by atoms with Crippen LogP contribution in [0.3, 0.4) is 0 Å². The summed E-state index contributed by atoms with van der Waals surface area (Å²) in [6.45, 7) is 3.40. The van der Waals surface area contributed by atoms with Crippen molar-refractivity contribution < 1.29 is 4.79 Å². The van der Waals surface area contributed by atoms with Crippen LogP contribution in [0.4, 0.5) is 0 Å². The summed E-state index contributed by atoms with van der Waals surface area (Å²) in [5.41, 5.74) is 9.47. The fourth-order valence-corrected chi connectivity index (χ4v) is 4.35. The molecule has 0 aliphatic carbocycles. The van der Waals surface area contributed by atoms with Crippen molar-refractivity contribution in [2.24, 2.45) is 12.8 Å². The van der Waals surface area contributed by atoms with E-state index in [9.17, 15) is 4.79 Å². The molecule has 0 fully saturated rings. The number of nitrogens with one attached hydrogen (secondary N) is 3. The van der Waals surface area contributed by atoms with E-state index in [1.54, 1.807) is 13.8 Å². The highest BCUT2D eigenvalue weighted by molar-refractivity contribution is 5.86. The van der Waals surface area contributed by atoms with Crippen LogP contribution in [0, 0.1) is 0 Å². The first kappa shape index (κ1) is 21.9. The van der Waals surface area contributed by atoms with Crippen molar-refractivity contribution in [1.29, 1.82) is 0 Å². The first-order valence-electron chi connectivity index (χ1n) is 11.4. The molecule has 3 aromatic heterocycles. The van der Waals surface area contributed by atoms with Crippen LogP contribution in [0.2, 0.25) is 0 Å². The number of carbonyl (C=O) groups excluding carboxylic acids is 1. The molecule has 34 heavy (non-hydrogen) atoms. The van der Waals surface area contributed by atoms with Crippen molar-refractivity contribution in [3.63, 3.8) is 0 Å². The standard InChI is InChI=1S/C26H29N7O/c1-26(2,27)25(34)30-22(12-16-14-28-20-10-6-4-8-18(16)20)24-32-31-23(33(24)3)13-17-15-29-21-11-7-5-9-19(17)21/h4-11,14-15,22,28-29H,12-13,27H2,1-3H3,(H,30,34). The summed E-state index contributed by atoms with van der Waals surface area (Å²) >= 11 is 0. The number of aromatic nitrogens is 5. The molecular weight excluding hydrogens is 426 g/mol. The molecule has 2 aromatic carbocycles. The van der Waals surface area contributed by atoms with Gasteiger partial charge in [0, 0.05) is 54.1 Å². The summed E-state index contributed by atoms with van der Waals surface area (Å²) in [4.78, 5) is 19.5. The number of para-hydroxylation sites is 2. The minimum absolute atomic E-state index is 0.237. The largest absolute Gasteiger partial charge is 0.361 e. The molecule has 5 aromatic rings. The van der Waals surface area contributed by atoms with Gasteiger partial charge in [-0.05, 0) is 37.1 Å². The third kappa shape index (κ3) is 4.08. The Bertz CT molecular complexity index is 1470. The Labute approximate surface area is 197 Å². The highest BCUT2D eigenvalue weighted by atomic mass is 16.2. The summed E-state index contributed by atoms with van der Waals surface area (Å²) in [7, 11) is 1.95. The smallest absolute Gasteiger partial charge is 0.240 e. The number of aromatic amines is 2. The molecule has 0 aliphatic rings. The van der Waals surface area contributed by atoms with E-state index >= 15 is 0 Å². The number of hydrogen-bond donors (Lipinski definition) is 4. The first-order chi connectivity index (χ1) is 16.3. The van der Waals surface area contributed by atoms with Crippen LogP contribution in [0.25, 0.3) is 21.8 Å². The molecular formula is C26H29N7O. The van der Waals surface area contributed by atoms with Crippen LogP contribution in [0.15, 0.2) is 60.9 Å². The normalized spacial score (nSPS) is 12.9. The van der Waals surface area contributed by atoms with Gasteiger partial charge < -0.3 is 25.6 Å². The van der Waals surface area contributed by atoms with Crippen LogP contribution in [-0.4, -0.2) is 36.2 Å². The molecule has 5 N–H and O–H groups in total. The molecule has 1 atom stereocenters. The van der Waals surface area contributed by atoms with Gasteiger partial charge >= 0.3 is 0 Å². The molecule has 8 heteroatoms. The van der Waals surface area contributed by atoms with Crippen LogP contribution >= 0.6 is 0 Å². The number of carbonyl (C=O) groups is 1. The molecule has 8 nitrogen and oxygen atoms in total. The van der Waals surface area contributed by atoms with Gasteiger partial charge in [0.2, 0.25) is 5.91 Å². The maximum Gasteiger partial charge on any atom is 0.240 e. The van der Waals surface area contributed by atoms with Crippen LogP contribution < -0.4 is 11.1 Å². The number of nitrogens with two attached hydrogens (primary N) is 1. The van der Waals surface area contributed by atoms with Gasteiger partial charge in [-0.1, -0.05) is 36.4 Å². The van der Waals surface area contributed by atoms with Gasteiger partial charge in [0.1, 0.15) is 5.82 Å². The Morgan fingerprint density at radius 1 is 1.00 bits per heavy atom. The van der Waals surface area contributed by atoms with Crippen molar-refractivity contribution in [1.82, 2.24) is 30.0 Å². The van der Waals surface area contributed by atoms with Crippen LogP contribution in [-0.2, 0) is 24.7 Å². The van der Waals surface area contributed by atoms with Gasteiger partial charge in [0.25, 0.3) is 0 Å². The van der Waals surface area contributed by atoms with Gasteiger partial charge in [0.05, 0.1) is 11.6 Å². The van der Waals surface area contributed by atoms with E-state index in [2.05, 4.69) is 43.7 Å². The molecule has 1 unspecified atom stereocenters. The second-order valence-electron chi connectivity index (χ2n) is 9.38. The second kappa shape index (κ2) is 8.46. The molecule has 174 valence electrons. The Morgan fingerprint density at radius 2 is 1.59 bits per heavy atom. The van der Waals surface area contributed by atoms with E-state index in [4.69, 9.17) is 5.73 Å². The Morgan fingerprint density at radius 3 is 2.24 bits per heavy atom. The predicted molar refractivity (Wildman–Crippen MR) is 133 cm³/mol. The molecule has 5 rings (SSSR count). The quantitative estimate of drug-likeness (QED) is 0.300. The van der Waals surface area contributed by atoms with E-state index in [0.717, 1.165) is 33.4 Å². The minimum Gasteiger partial charge on any atom is -0.361 e. The zero-order chi connectivity index (χ0) is 23.9. The van der Waals surface area contributed by atoms with E-state index in [1.165, 1.54) is 5.39 Å². The number of hydrogen-bond acceptors (Lipinski definition) is 4. The zero-order valence-electron chi connectivity index (χ0n) is 19.6. The molecule has 0 bridgehead atoms. The SMILES string of the molecule is Cn1c(Cc2c[nH]c3ccccc23)nnc1C(Cc1c[nH]c2ccccc12)NC(=O)C(C)(C)N. The van der Waals surface area contributed by atoms with E-state index in [0.29, 0.717) is 18.7 Å². The van der Waals surface area contributed by atoms with Gasteiger partial charge in [-0.3, -0.25) is 4.79 Å². The number of rotatable bonds is 7. The number of fused-ring (bicyclic) bond motifs is 2. The number of nitrogens with zero attached hydrogens (tertiary/aromatic N) is 3. The highest BCUT2D eigenvalue weighted by Crippen LogP contribution is 2.26. The van der Waals surface area contributed by atoms with Gasteiger partial charge in [-0.2, -0.15) is 0 Å². The fourth-order valence-electron chi connectivity index (χ4n) is 4.35. The van der Waals surface area contributed by atoms with Crippen molar-refractivity contribution in [2.45, 2.75) is 38.3 Å². The van der Waals surface area contributed by atoms with Crippen molar-refractivity contribution in [2.75, 3.05) is 0 Å². The lowest BCUT2D eigenvalue weighted by molar-refractivity contribution is -0.126. The third-order valence-corrected chi connectivity index (χ3v) is 6.32. The summed E-state index contributed by atoms with van der Waals surface area (Å²) < 4.78 is 1.98. The molecule has 0 aliphatic heterocycles. The average Bonchev–Trinajstić information content (AvgIpc) is 3.51. The Kier molecular flexibility index (Phi) is 5.45. The van der Waals surface area contributed by atoms with E-state index in [1.807, 2.05) is 54.3 Å². The van der Waals surface area contributed by atoms with Crippen LogP contribution in [0.5, 0.6) is 0 Å². The fraction of sp³-hybridized carbons (Fsp3) is 0.269. The summed E-state index contributed by atoms with van der Waals surface area (Å²) in [5.74, 6) is 1.28. The molecule has 1 amide bonds. The van der Waals surface area contributed by atoms with Crippen molar-refractivity contribution >= 4 is 27.7 Å². The minimum atomic E-state index is -1.01. The monoisotopic (exact) mass is 455 g/mol. The molecule has 0 saturated carbocycles. The van der Waals surface area contributed by atoms with Crippen molar-refractivity contribution in [3.8, 4) is 0 Å². The predicted octanol–water partition coefficient (Wildman–Crippen LogP) is 3.51. The van der Waals surface area contributed by atoms with Crippen molar-refractivity contribution in [3.05, 3.63) is 83.7 Å². The maximum atomic E-state index is 12.9. The highest BCUT2D eigenvalue weighted by Gasteiger charge is 2.29. The second-order valence-corrected chi connectivity index (χ2v) is 9.38. The lowest BCUT2D eigenvalue weighted by atomic mass is 10.0. The molecule has 3 heterocycles. The maximum absolute atomic E-state index is 12.9. The molecule has 0 radical (unpaired) electrons. The summed E-state index contributed by atoms with van der Waals surface area (Å²) in [5, 5.41) is 14.4. The first-order valence-corrected chi connectivity index (χ1v) is 11.4. The molecule has 0 saturated heterocycles. The third-order valence-electron chi connectivity index (χ3n) is 6.32. The Hall–Kier alpha value is -3.91. The number of amides is 1. The lowest BCUT2D eigenvalue weighted by Crippen LogP contribution is -2.50. The molecule has 0 spiro atoms. The van der Waals surface area contributed by atoms with Crippen LogP contribution in [0.1, 0.15) is 42.7 Å². The van der Waals surface area contributed by atoms with Gasteiger partial charge in [-0.15, -0.1) is 10.2 Å². The lowest BCUT2D eigenvalue weighted by Gasteiger charge is -2.24. The number of H-pyrrole nitrogens is 2. The summed E-state index contributed by atoms with van der Waals surface area (Å²) in [6.07, 6.45) is 5.19. The topological polar surface area (TPSA) is 117 Å².